The molecule has 0 N–H and O–H groups in total. The summed E-state index contributed by atoms with van der Waals surface area (Å²) in [5.41, 5.74) is 3.17. The Morgan fingerprint density at radius 3 is 2.37 bits per heavy atom. The number of nitrogens with zero attached hydrogens (tertiary/aromatic N) is 6. The minimum atomic E-state index is -0.223. The predicted molar refractivity (Wildman–Crippen MR) is 112 cm³/mol. The molecule has 30 heavy (non-hydrogen) atoms. The summed E-state index contributed by atoms with van der Waals surface area (Å²) >= 11 is 0. The van der Waals surface area contributed by atoms with Crippen molar-refractivity contribution in [3.63, 3.8) is 0 Å². The van der Waals surface area contributed by atoms with Crippen LogP contribution in [0.5, 0.6) is 0 Å². The molecule has 4 aromatic rings. The van der Waals surface area contributed by atoms with Gasteiger partial charge in [-0.1, -0.05) is 0 Å². The zero-order valence-electron chi connectivity index (χ0n) is 16.1. The maximum Gasteiger partial charge on any atom is 0.226 e. The van der Waals surface area contributed by atoms with Crippen molar-refractivity contribution < 1.29 is 8.81 Å². The van der Waals surface area contributed by atoms with Crippen molar-refractivity contribution in [2.75, 3.05) is 36.0 Å². The van der Waals surface area contributed by atoms with Crippen LogP contribution < -0.4 is 9.80 Å². The zero-order valence-corrected chi connectivity index (χ0v) is 16.1. The first-order valence-electron chi connectivity index (χ1n) is 9.71. The molecule has 0 saturated carbocycles. The van der Waals surface area contributed by atoms with Crippen molar-refractivity contribution in [3.05, 3.63) is 73.3 Å². The van der Waals surface area contributed by atoms with Crippen LogP contribution in [-0.2, 0) is 0 Å². The lowest BCUT2D eigenvalue weighted by molar-refractivity contribution is 0.579. The molecule has 1 fully saturated rings. The number of hydrogen-bond donors (Lipinski definition) is 0. The highest BCUT2D eigenvalue weighted by molar-refractivity contribution is 5.76. The molecule has 150 valence electrons. The lowest BCUT2D eigenvalue weighted by Crippen LogP contribution is -2.47. The topological polar surface area (TPSA) is 71.2 Å². The maximum absolute atomic E-state index is 13.2. The number of anilines is 2. The van der Waals surface area contributed by atoms with Gasteiger partial charge in [-0.05, 0) is 36.4 Å². The van der Waals surface area contributed by atoms with Crippen LogP contribution in [0.15, 0.2) is 71.9 Å². The highest BCUT2D eigenvalue weighted by Crippen LogP contribution is 2.30. The Kier molecular flexibility index (Phi) is 4.80. The summed E-state index contributed by atoms with van der Waals surface area (Å²) in [6.07, 6.45) is 8.36. The fourth-order valence-corrected chi connectivity index (χ4v) is 3.57. The van der Waals surface area contributed by atoms with Gasteiger partial charge >= 0.3 is 0 Å². The van der Waals surface area contributed by atoms with Gasteiger partial charge in [-0.25, -0.2) is 14.4 Å². The van der Waals surface area contributed by atoms with Crippen molar-refractivity contribution in [2.24, 2.45) is 0 Å². The van der Waals surface area contributed by atoms with E-state index in [-0.39, 0.29) is 5.82 Å². The fraction of sp³-hybridized carbons (Fsp3) is 0.182. The van der Waals surface area contributed by atoms with Gasteiger partial charge < -0.3 is 14.2 Å². The third kappa shape index (κ3) is 3.59. The van der Waals surface area contributed by atoms with E-state index in [9.17, 15) is 4.39 Å². The van der Waals surface area contributed by atoms with Crippen LogP contribution in [-0.4, -0.2) is 46.1 Å². The molecule has 0 amide bonds. The second kappa shape index (κ2) is 7.90. The molecule has 1 aliphatic heterocycles. The highest BCUT2D eigenvalue weighted by atomic mass is 19.1. The van der Waals surface area contributed by atoms with Crippen LogP contribution in [0.25, 0.3) is 22.7 Å². The van der Waals surface area contributed by atoms with Gasteiger partial charge in [0.2, 0.25) is 5.95 Å². The van der Waals surface area contributed by atoms with Gasteiger partial charge in [-0.2, -0.15) is 0 Å². The van der Waals surface area contributed by atoms with E-state index in [0.29, 0.717) is 23.1 Å². The summed E-state index contributed by atoms with van der Waals surface area (Å²) < 4.78 is 18.8. The molecular formula is C22H19FN6O. The molecule has 4 heterocycles. The zero-order chi connectivity index (χ0) is 20.3. The molecule has 1 saturated heterocycles. The average molecular weight is 402 g/mol. The number of benzene rings is 1. The second-order valence-electron chi connectivity index (χ2n) is 6.95. The van der Waals surface area contributed by atoms with Crippen LogP contribution in [0.2, 0.25) is 0 Å². The Morgan fingerprint density at radius 2 is 1.67 bits per heavy atom. The largest absolute Gasteiger partial charge is 0.463 e. The van der Waals surface area contributed by atoms with E-state index < -0.39 is 0 Å². The lowest BCUT2D eigenvalue weighted by Gasteiger charge is -2.36. The first-order chi connectivity index (χ1) is 14.8. The Morgan fingerprint density at radius 1 is 0.867 bits per heavy atom. The van der Waals surface area contributed by atoms with Gasteiger partial charge in [0, 0.05) is 56.0 Å². The number of hydrogen-bond acceptors (Lipinski definition) is 7. The van der Waals surface area contributed by atoms with Crippen molar-refractivity contribution in [1.29, 1.82) is 0 Å². The molecule has 0 radical (unpaired) electrons. The lowest BCUT2D eigenvalue weighted by atomic mass is 10.1. The predicted octanol–water partition coefficient (Wildman–Crippen LogP) is 3.66. The van der Waals surface area contributed by atoms with Gasteiger partial charge in [0.15, 0.2) is 5.76 Å². The minimum absolute atomic E-state index is 0.223. The van der Waals surface area contributed by atoms with Crippen molar-refractivity contribution in [3.8, 4) is 22.7 Å². The van der Waals surface area contributed by atoms with Gasteiger partial charge in [0.1, 0.15) is 11.5 Å². The quantitative estimate of drug-likeness (QED) is 0.516. The second-order valence-corrected chi connectivity index (χ2v) is 6.95. The number of furan rings is 1. The van der Waals surface area contributed by atoms with E-state index in [0.717, 1.165) is 37.4 Å². The molecule has 3 aromatic heterocycles. The van der Waals surface area contributed by atoms with Crippen molar-refractivity contribution >= 4 is 11.6 Å². The Balaban J connectivity index is 1.40. The van der Waals surface area contributed by atoms with E-state index >= 15 is 0 Å². The molecule has 1 aliphatic rings. The third-order valence-corrected chi connectivity index (χ3v) is 5.12. The molecule has 8 heteroatoms. The summed E-state index contributed by atoms with van der Waals surface area (Å²) in [6, 6.07) is 10.3. The Bertz CT molecular complexity index is 1110. The van der Waals surface area contributed by atoms with Crippen LogP contribution in [0.3, 0.4) is 0 Å². The standard InChI is InChI=1S/C22H19FN6O/c23-16-3-5-17(6-4-16)28-9-11-29(12-10-28)22-26-14-18(19-15-24-7-8-25-19)21(27-22)20-2-1-13-30-20/h1-8,13-15H,9-12H2. The third-order valence-electron chi connectivity index (χ3n) is 5.12. The van der Waals surface area contributed by atoms with Crippen LogP contribution in [0, 0.1) is 5.82 Å². The summed E-state index contributed by atoms with van der Waals surface area (Å²) in [6.45, 7) is 3.13. The monoisotopic (exact) mass is 402 g/mol. The molecular weight excluding hydrogens is 383 g/mol. The van der Waals surface area contributed by atoms with Crippen LogP contribution >= 0.6 is 0 Å². The van der Waals surface area contributed by atoms with E-state index in [4.69, 9.17) is 9.40 Å². The Labute approximate surface area is 172 Å². The summed E-state index contributed by atoms with van der Waals surface area (Å²) in [7, 11) is 0. The number of aromatic nitrogens is 4. The summed E-state index contributed by atoms with van der Waals surface area (Å²) in [4.78, 5) is 22.3. The van der Waals surface area contributed by atoms with Crippen molar-refractivity contribution in [1.82, 2.24) is 19.9 Å². The summed E-state index contributed by atoms with van der Waals surface area (Å²) in [5, 5.41) is 0. The van der Waals surface area contributed by atoms with E-state index in [1.165, 1.54) is 12.1 Å². The number of piperazine rings is 1. The summed E-state index contributed by atoms with van der Waals surface area (Å²) in [5.74, 6) is 1.08. The van der Waals surface area contributed by atoms with Gasteiger partial charge in [-0.15, -0.1) is 0 Å². The van der Waals surface area contributed by atoms with Crippen LogP contribution in [0.1, 0.15) is 0 Å². The van der Waals surface area contributed by atoms with Gasteiger partial charge in [0.25, 0.3) is 0 Å². The fourth-order valence-electron chi connectivity index (χ4n) is 3.57. The molecule has 0 atom stereocenters. The highest BCUT2D eigenvalue weighted by Gasteiger charge is 2.22. The van der Waals surface area contributed by atoms with Crippen LogP contribution in [0.4, 0.5) is 16.0 Å². The molecule has 0 unspecified atom stereocenters. The molecule has 0 bridgehead atoms. The van der Waals surface area contributed by atoms with Gasteiger partial charge in [0.05, 0.1) is 18.2 Å². The number of halogens is 1. The molecule has 1 aromatic carbocycles. The average Bonchev–Trinajstić information content (AvgIpc) is 3.35. The molecule has 0 aliphatic carbocycles. The SMILES string of the molecule is Fc1ccc(N2CCN(c3ncc(-c4cnccn4)c(-c4ccco4)n3)CC2)cc1. The number of rotatable bonds is 4. The van der Waals surface area contributed by atoms with Gasteiger partial charge in [-0.3, -0.25) is 9.97 Å². The normalized spacial score (nSPS) is 14.2. The first-order valence-corrected chi connectivity index (χ1v) is 9.71. The minimum Gasteiger partial charge on any atom is -0.463 e. The first kappa shape index (κ1) is 18.2. The Hall–Kier alpha value is -3.81. The van der Waals surface area contributed by atoms with E-state index in [1.54, 1.807) is 31.1 Å². The van der Waals surface area contributed by atoms with E-state index in [2.05, 4.69) is 24.8 Å². The smallest absolute Gasteiger partial charge is 0.226 e. The van der Waals surface area contributed by atoms with E-state index in [1.807, 2.05) is 24.3 Å². The maximum atomic E-state index is 13.2. The molecule has 7 nitrogen and oxygen atoms in total. The molecule has 0 spiro atoms. The molecule has 5 rings (SSSR count). The van der Waals surface area contributed by atoms with Crippen molar-refractivity contribution in [2.45, 2.75) is 0 Å².